The molecule has 2 aliphatic carbocycles. The van der Waals surface area contributed by atoms with Gasteiger partial charge in [-0.25, -0.2) is 0 Å². The molecule has 0 saturated carbocycles. The molecule has 9 aromatic rings. The first-order valence-electron chi connectivity index (χ1n) is 16.9. The standard InChI is InChI=1S/C47H29NO/c1-2-15-32(16-3-1)48(33-25-26-44-38(29-33)37-27-30-13-4-5-14-31(30)28-45(37)49-44)43-24-12-23-42-46(43)36-19-8-11-22-41(36)47(42)39-20-9-6-17-34(39)35-18-7-10-21-40(35)47/h1-29H. The van der Waals surface area contributed by atoms with Gasteiger partial charge in [0, 0.05) is 27.7 Å². The third-order valence-corrected chi connectivity index (χ3v) is 10.8. The molecular formula is C47H29NO. The van der Waals surface area contributed by atoms with E-state index >= 15 is 0 Å². The summed E-state index contributed by atoms with van der Waals surface area (Å²) < 4.78 is 6.44. The number of furan rings is 1. The van der Waals surface area contributed by atoms with Crippen LogP contribution in [-0.2, 0) is 5.41 Å². The molecule has 11 rings (SSSR count). The van der Waals surface area contributed by atoms with E-state index in [0.717, 1.165) is 39.0 Å². The average Bonchev–Trinajstić information content (AvgIpc) is 3.78. The van der Waals surface area contributed by atoms with E-state index in [1.54, 1.807) is 0 Å². The molecule has 1 spiro atoms. The summed E-state index contributed by atoms with van der Waals surface area (Å²) in [4.78, 5) is 2.43. The topological polar surface area (TPSA) is 16.4 Å². The minimum atomic E-state index is -0.400. The van der Waals surface area contributed by atoms with Crippen LogP contribution in [0.4, 0.5) is 17.1 Å². The second-order valence-corrected chi connectivity index (χ2v) is 13.2. The second kappa shape index (κ2) is 9.82. The van der Waals surface area contributed by atoms with Crippen molar-refractivity contribution in [3.63, 3.8) is 0 Å². The van der Waals surface area contributed by atoms with Crippen LogP contribution >= 0.6 is 0 Å². The maximum atomic E-state index is 6.44. The van der Waals surface area contributed by atoms with E-state index in [-0.39, 0.29) is 0 Å². The summed E-state index contributed by atoms with van der Waals surface area (Å²) in [6.45, 7) is 0. The lowest BCUT2D eigenvalue weighted by Gasteiger charge is -2.31. The lowest BCUT2D eigenvalue weighted by atomic mass is 9.70. The number of rotatable bonds is 3. The predicted molar refractivity (Wildman–Crippen MR) is 202 cm³/mol. The number of nitrogens with zero attached hydrogens (tertiary/aromatic N) is 1. The Morgan fingerprint density at radius 1 is 0.388 bits per heavy atom. The third kappa shape index (κ3) is 3.50. The molecule has 0 saturated heterocycles. The van der Waals surface area contributed by atoms with E-state index in [1.807, 2.05) is 0 Å². The lowest BCUT2D eigenvalue weighted by molar-refractivity contribution is 0.669. The molecule has 228 valence electrons. The molecule has 8 aromatic carbocycles. The van der Waals surface area contributed by atoms with E-state index in [1.165, 1.54) is 55.3 Å². The van der Waals surface area contributed by atoms with Crippen molar-refractivity contribution in [3.8, 4) is 22.3 Å². The fourth-order valence-electron chi connectivity index (χ4n) is 8.90. The molecule has 0 radical (unpaired) electrons. The van der Waals surface area contributed by atoms with Crippen LogP contribution in [0, 0.1) is 0 Å². The molecule has 0 fully saturated rings. The van der Waals surface area contributed by atoms with Crippen LogP contribution in [0.1, 0.15) is 22.3 Å². The van der Waals surface area contributed by atoms with Gasteiger partial charge in [-0.1, -0.05) is 127 Å². The van der Waals surface area contributed by atoms with Crippen LogP contribution in [0.25, 0.3) is 55.0 Å². The zero-order valence-electron chi connectivity index (χ0n) is 26.6. The first-order chi connectivity index (χ1) is 24.3. The Labute approximate surface area is 284 Å². The summed E-state index contributed by atoms with van der Waals surface area (Å²) in [6, 6.07) is 64.3. The Morgan fingerprint density at radius 2 is 0.959 bits per heavy atom. The van der Waals surface area contributed by atoms with Crippen molar-refractivity contribution in [1.82, 2.24) is 0 Å². The molecule has 2 heteroatoms. The molecule has 1 heterocycles. The van der Waals surface area contributed by atoms with E-state index < -0.39 is 5.41 Å². The molecule has 0 amide bonds. The quantitative estimate of drug-likeness (QED) is 0.195. The summed E-state index contributed by atoms with van der Waals surface area (Å²) in [5, 5.41) is 4.64. The van der Waals surface area contributed by atoms with Crippen LogP contribution < -0.4 is 4.90 Å². The van der Waals surface area contributed by atoms with Crippen molar-refractivity contribution < 1.29 is 4.42 Å². The molecule has 0 bridgehead atoms. The van der Waals surface area contributed by atoms with Crippen LogP contribution in [-0.4, -0.2) is 0 Å². The van der Waals surface area contributed by atoms with Crippen molar-refractivity contribution in [1.29, 1.82) is 0 Å². The highest BCUT2D eigenvalue weighted by molar-refractivity contribution is 6.11. The molecule has 0 N–H and O–H groups in total. The van der Waals surface area contributed by atoms with Gasteiger partial charge in [-0.2, -0.15) is 0 Å². The van der Waals surface area contributed by atoms with Crippen LogP contribution in [0.15, 0.2) is 180 Å². The van der Waals surface area contributed by atoms with Gasteiger partial charge in [0.25, 0.3) is 0 Å². The Kier molecular flexibility index (Phi) is 5.34. The molecular weight excluding hydrogens is 595 g/mol. The fraction of sp³-hybridized carbons (Fsp3) is 0.0213. The van der Waals surface area contributed by atoms with E-state index in [0.29, 0.717) is 0 Å². The maximum absolute atomic E-state index is 6.44. The Balaban J connectivity index is 1.21. The van der Waals surface area contributed by atoms with Crippen LogP contribution in [0.2, 0.25) is 0 Å². The number of para-hydroxylation sites is 1. The molecule has 1 aromatic heterocycles. The molecule has 2 aliphatic rings. The molecule has 0 aliphatic heterocycles. The second-order valence-electron chi connectivity index (χ2n) is 13.2. The summed E-state index contributed by atoms with van der Waals surface area (Å²) in [6.07, 6.45) is 0. The number of hydrogen-bond donors (Lipinski definition) is 0. The van der Waals surface area contributed by atoms with Crippen molar-refractivity contribution >= 4 is 49.8 Å². The highest BCUT2D eigenvalue weighted by Crippen LogP contribution is 2.64. The summed E-state index contributed by atoms with van der Waals surface area (Å²) >= 11 is 0. The zero-order valence-corrected chi connectivity index (χ0v) is 26.6. The van der Waals surface area contributed by atoms with E-state index in [4.69, 9.17) is 4.42 Å². The van der Waals surface area contributed by atoms with Gasteiger partial charge in [0.05, 0.1) is 11.1 Å². The highest BCUT2D eigenvalue weighted by atomic mass is 16.3. The first kappa shape index (κ1) is 26.7. The van der Waals surface area contributed by atoms with E-state index in [9.17, 15) is 0 Å². The minimum Gasteiger partial charge on any atom is -0.456 e. The molecule has 49 heavy (non-hydrogen) atoms. The number of anilines is 3. The zero-order chi connectivity index (χ0) is 32.1. The maximum Gasteiger partial charge on any atom is 0.136 e. The van der Waals surface area contributed by atoms with Gasteiger partial charge in [0.15, 0.2) is 0 Å². The smallest absolute Gasteiger partial charge is 0.136 e. The molecule has 0 atom stereocenters. The normalized spacial score (nSPS) is 13.5. The van der Waals surface area contributed by atoms with E-state index in [2.05, 4.69) is 181 Å². The average molecular weight is 624 g/mol. The van der Waals surface area contributed by atoms with Gasteiger partial charge in [-0.05, 0) is 98.2 Å². The largest absolute Gasteiger partial charge is 0.456 e. The van der Waals surface area contributed by atoms with Crippen molar-refractivity contribution in [2.75, 3.05) is 4.90 Å². The SMILES string of the molecule is c1ccc(N(c2ccc3oc4cc5ccccc5cc4c3c2)c2cccc3c2-c2ccccc2C32c3ccccc3-c3ccccc32)cc1. The number of fused-ring (bicyclic) bond motifs is 14. The molecule has 2 nitrogen and oxygen atoms in total. The molecule has 0 unspecified atom stereocenters. The van der Waals surface area contributed by atoms with Crippen molar-refractivity contribution in [2.45, 2.75) is 5.41 Å². The van der Waals surface area contributed by atoms with Crippen LogP contribution in [0.3, 0.4) is 0 Å². The van der Waals surface area contributed by atoms with Gasteiger partial charge in [0.2, 0.25) is 0 Å². The van der Waals surface area contributed by atoms with Crippen molar-refractivity contribution in [2.24, 2.45) is 0 Å². The van der Waals surface area contributed by atoms with Gasteiger partial charge in [-0.3, -0.25) is 0 Å². The number of benzene rings is 8. The van der Waals surface area contributed by atoms with Gasteiger partial charge < -0.3 is 9.32 Å². The van der Waals surface area contributed by atoms with Crippen molar-refractivity contribution in [3.05, 3.63) is 198 Å². The predicted octanol–water partition coefficient (Wildman–Crippen LogP) is 12.6. The first-order valence-corrected chi connectivity index (χ1v) is 16.9. The Bertz CT molecular complexity index is 2740. The Morgan fingerprint density at radius 3 is 1.69 bits per heavy atom. The van der Waals surface area contributed by atoms with Gasteiger partial charge in [-0.15, -0.1) is 0 Å². The summed E-state index contributed by atoms with van der Waals surface area (Å²) in [7, 11) is 0. The lowest BCUT2D eigenvalue weighted by Crippen LogP contribution is -2.26. The minimum absolute atomic E-state index is 0.400. The fourth-order valence-corrected chi connectivity index (χ4v) is 8.90. The van der Waals surface area contributed by atoms with Crippen LogP contribution in [0.5, 0.6) is 0 Å². The monoisotopic (exact) mass is 623 g/mol. The third-order valence-electron chi connectivity index (χ3n) is 10.8. The summed E-state index contributed by atoms with van der Waals surface area (Å²) in [5.41, 5.74) is 15.3. The van der Waals surface area contributed by atoms with Gasteiger partial charge >= 0.3 is 0 Å². The highest BCUT2D eigenvalue weighted by Gasteiger charge is 2.52. The van der Waals surface area contributed by atoms with Gasteiger partial charge in [0.1, 0.15) is 11.2 Å². The summed E-state index contributed by atoms with van der Waals surface area (Å²) in [5.74, 6) is 0. The number of hydrogen-bond acceptors (Lipinski definition) is 2. The Hall–Kier alpha value is -6.38.